The normalized spacial score (nSPS) is 10.1. The van der Waals surface area contributed by atoms with E-state index in [0.717, 1.165) is 5.82 Å². The van der Waals surface area contributed by atoms with Crippen LogP contribution in [-0.2, 0) is 7.05 Å². The van der Waals surface area contributed by atoms with E-state index in [-0.39, 0.29) is 5.78 Å². The van der Waals surface area contributed by atoms with Crippen LogP contribution in [0.5, 0.6) is 0 Å². The fraction of sp³-hybridized carbons (Fsp3) is 0.500. The molecule has 0 aliphatic rings. The third-order valence-electron chi connectivity index (χ3n) is 1.72. The molecular weight excluding hydrogens is 140 g/mol. The van der Waals surface area contributed by atoms with Gasteiger partial charge in [0.15, 0.2) is 5.78 Å². The molecule has 0 unspecified atom stereocenters. The highest BCUT2D eigenvalue weighted by Gasteiger charge is 2.07. The van der Waals surface area contributed by atoms with Crippen LogP contribution in [0.2, 0.25) is 0 Å². The Bertz CT molecular complexity index is 256. The zero-order valence-corrected chi connectivity index (χ0v) is 7.09. The Morgan fingerprint density at radius 1 is 1.73 bits per heavy atom. The summed E-state index contributed by atoms with van der Waals surface area (Å²) in [5, 5.41) is 0. The summed E-state index contributed by atoms with van der Waals surface area (Å²) in [6, 6.07) is 0. The van der Waals surface area contributed by atoms with Gasteiger partial charge in [0.25, 0.3) is 0 Å². The summed E-state index contributed by atoms with van der Waals surface area (Å²) >= 11 is 0. The van der Waals surface area contributed by atoms with Gasteiger partial charge in [0, 0.05) is 19.7 Å². The first-order valence-electron chi connectivity index (χ1n) is 3.68. The third-order valence-corrected chi connectivity index (χ3v) is 1.72. The van der Waals surface area contributed by atoms with Crippen molar-refractivity contribution in [3.63, 3.8) is 0 Å². The summed E-state index contributed by atoms with van der Waals surface area (Å²) in [7, 11) is 1.88. The molecule has 0 aliphatic heterocycles. The minimum Gasteiger partial charge on any atom is -0.337 e. The Morgan fingerprint density at radius 3 is 2.73 bits per heavy atom. The third kappa shape index (κ3) is 1.48. The van der Waals surface area contributed by atoms with Crippen molar-refractivity contribution in [1.82, 2.24) is 9.55 Å². The number of imidazole rings is 1. The molecule has 0 saturated carbocycles. The molecular formula is C8H12N2O. The Morgan fingerprint density at radius 2 is 2.36 bits per heavy atom. The number of carbonyl (C=O) groups is 1. The van der Waals surface area contributed by atoms with E-state index >= 15 is 0 Å². The van der Waals surface area contributed by atoms with E-state index in [1.54, 1.807) is 6.20 Å². The van der Waals surface area contributed by atoms with Gasteiger partial charge in [0.2, 0.25) is 0 Å². The topological polar surface area (TPSA) is 34.9 Å². The van der Waals surface area contributed by atoms with E-state index in [2.05, 4.69) is 4.98 Å². The van der Waals surface area contributed by atoms with Gasteiger partial charge in [0.05, 0.1) is 0 Å². The van der Waals surface area contributed by atoms with Gasteiger partial charge >= 0.3 is 0 Å². The highest BCUT2D eigenvalue weighted by molar-refractivity contribution is 5.93. The quantitative estimate of drug-likeness (QED) is 0.599. The number of nitrogens with zero attached hydrogens (tertiary/aromatic N) is 2. The lowest BCUT2D eigenvalue weighted by Crippen LogP contribution is -1.95. The molecule has 11 heavy (non-hydrogen) atoms. The van der Waals surface area contributed by atoms with Gasteiger partial charge in [-0.25, -0.2) is 4.98 Å². The van der Waals surface area contributed by atoms with Gasteiger partial charge in [-0.15, -0.1) is 0 Å². The van der Waals surface area contributed by atoms with E-state index in [1.807, 2.05) is 25.5 Å². The van der Waals surface area contributed by atoms with Crippen LogP contribution in [0.25, 0.3) is 0 Å². The van der Waals surface area contributed by atoms with Crippen molar-refractivity contribution in [2.45, 2.75) is 20.3 Å². The van der Waals surface area contributed by atoms with Crippen molar-refractivity contribution in [2.75, 3.05) is 0 Å². The Hall–Kier alpha value is -1.12. The molecule has 1 rings (SSSR count). The molecule has 0 spiro atoms. The number of ketones is 1. The predicted octanol–water partition coefficient (Wildman–Crippen LogP) is 1.32. The Labute approximate surface area is 66.1 Å². The molecule has 3 nitrogen and oxygen atoms in total. The van der Waals surface area contributed by atoms with Crippen molar-refractivity contribution < 1.29 is 4.79 Å². The summed E-state index contributed by atoms with van der Waals surface area (Å²) in [6.45, 7) is 3.72. The molecule has 3 heteroatoms. The van der Waals surface area contributed by atoms with E-state index < -0.39 is 0 Å². The average Bonchev–Trinajstić information content (AvgIpc) is 2.31. The molecule has 0 radical (unpaired) electrons. The molecule has 1 aromatic rings. The lowest BCUT2D eigenvalue weighted by atomic mass is 10.2. The van der Waals surface area contributed by atoms with E-state index in [1.165, 1.54) is 0 Å². The number of aromatic nitrogens is 2. The van der Waals surface area contributed by atoms with Gasteiger partial charge in [-0.3, -0.25) is 4.79 Å². The molecule has 0 fully saturated rings. The maximum absolute atomic E-state index is 11.1. The van der Waals surface area contributed by atoms with Crippen LogP contribution in [0.15, 0.2) is 6.20 Å². The van der Waals surface area contributed by atoms with Gasteiger partial charge in [-0.05, 0) is 6.92 Å². The van der Waals surface area contributed by atoms with Crippen molar-refractivity contribution in [2.24, 2.45) is 7.05 Å². The molecule has 1 aromatic heterocycles. The van der Waals surface area contributed by atoms with E-state index in [4.69, 9.17) is 0 Å². The van der Waals surface area contributed by atoms with Crippen LogP contribution in [0.3, 0.4) is 0 Å². The molecule has 0 aromatic carbocycles. The number of Topliss-reactive ketones (excluding diaryl/α,β-unsaturated/α-hetero) is 1. The minimum atomic E-state index is 0.105. The van der Waals surface area contributed by atoms with E-state index in [0.29, 0.717) is 12.1 Å². The van der Waals surface area contributed by atoms with Crippen LogP contribution in [-0.4, -0.2) is 15.3 Å². The summed E-state index contributed by atoms with van der Waals surface area (Å²) < 4.78 is 1.85. The van der Waals surface area contributed by atoms with Crippen LogP contribution in [0.4, 0.5) is 0 Å². The first-order chi connectivity index (χ1) is 5.15. The molecule has 1 heterocycles. The first-order valence-corrected chi connectivity index (χ1v) is 3.68. The number of aryl methyl sites for hydroxylation is 2. The monoisotopic (exact) mass is 152 g/mol. The lowest BCUT2D eigenvalue weighted by Gasteiger charge is -1.87. The van der Waals surface area contributed by atoms with Crippen molar-refractivity contribution in [1.29, 1.82) is 0 Å². The van der Waals surface area contributed by atoms with Crippen molar-refractivity contribution in [3.05, 3.63) is 17.7 Å². The first kappa shape index (κ1) is 7.98. The zero-order valence-electron chi connectivity index (χ0n) is 7.09. The highest BCUT2D eigenvalue weighted by Crippen LogP contribution is 2.02. The predicted molar refractivity (Wildman–Crippen MR) is 42.6 cm³/mol. The van der Waals surface area contributed by atoms with Gasteiger partial charge in [0.1, 0.15) is 11.5 Å². The fourth-order valence-electron chi connectivity index (χ4n) is 0.874. The smallest absolute Gasteiger partial charge is 0.182 e. The van der Waals surface area contributed by atoms with E-state index in [9.17, 15) is 4.79 Å². The fourth-order valence-corrected chi connectivity index (χ4v) is 0.874. The van der Waals surface area contributed by atoms with Gasteiger partial charge in [-0.2, -0.15) is 0 Å². The largest absolute Gasteiger partial charge is 0.337 e. The molecule has 0 saturated heterocycles. The second-order valence-electron chi connectivity index (χ2n) is 2.56. The number of hydrogen-bond donors (Lipinski definition) is 0. The van der Waals surface area contributed by atoms with Crippen molar-refractivity contribution in [3.8, 4) is 0 Å². The van der Waals surface area contributed by atoms with Gasteiger partial charge < -0.3 is 4.57 Å². The zero-order chi connectivity index (χ0) is 8.43. The minimum absolute atomic E-state index is 0.105. The SMILES string of the molecule is CCC(=O)c1cn(C)c(C)n1. The lowest BCUT2D eigenvalue weighted by molar-refractivity contribution is 0.0983. The average molecular weight is 152 g/mol. The summed E-state index contributed by atoms with van der Waals surface area (Å²) in [5.41, 5.74) is 0.576. The Kier molecular flexibility index (Phi) is 2.08. The second-order valence-corrected chi connectivity index (χ2v) is 2.56. The molecule has 0 aliphatic carbocycles. The molecule has 0 atom stereocenters. The van der Waals surface area contributed by atoms with Crippen molar-refractivity contribution >= 4 is 5.78 Å². The van der Waals surface area contributed by atoms with Crippen LogP contribution in [0, 0.1) is 6.92 Å². The summed E-state index contributed by atoms with van der Waals surface area (Å²) in [4.78, 5) is 15.2. The molecule has 0 amide bonds. The van der Waals surface area contributed by atoms with Crippen LogP contribution >= 0.6 is 0 Å². The second kappa shape index (κ2) is 2.86. The maximum Gasteiger partial charge on any atom is 0.182 e. The molecule has 0 bridgehead atoms. The van der Waals surface area contributed by atoms with Crippen LogP contribution < -0.4 is 0 Å². The molecule has 60 valence electrons. The Balaban J connectivity index is 2.97. The number of hydrogen-bond acceptors (Lipinski definition) is 2. The number of rotatable bonds is 2. The summed E-state index contributed by atoms with van der Waals surface area (Å²) in [5.74, 6) is 0.982. The maximum atomic E-state index is 11.1. The number of carbonyl (C=O) groups excluding carboxylic acids is 1. The molecule has 0 N–H and O–H groups in total. The highest BCUT2D eigenvalue weighted by atomic mass is 16.1. The standard InChI is InChI=1S/C8H12N2O/c1-4-8(11)7-5-10(3)6(2)9-7/h5H,4H2,1-3H3. The van der Waals surface area contributed by atoms with Gasteiger partial charge in [-0.1, -0.05) is 6.92 Å². The van der Waals surface area contributed by atoms with Crippen LogP contribution in [0.1, 0.15) is 29.7 Å². The summed E-state index contributed by atoms with van der Waals surface area (Å²) in [6.07, 6.45) is 2.29.